The largest absolute Gasteiger partial charge is 0.337 e. The maximum atomic E-state index is 12.1. The Labute approximate surface area is 95.7 Å². The van der Waals surface area contributed by atoms with Gasteiger partial charge in [-0.05, 0) is 24.6 Å². The fourth-order valence-electron chi connectivity index (χ4n) is 1.91. The van der Waals surface area contributed by atoms with E-state index in [0.29, 0.717) is 12.5 Å². The first-order valence-electron chi connectivity index (χ1n) is 5.70. The topological polar surface area (TPSA) is 45.2 Å². The molecule has 0 atom stereocenters. The molecule has 0 aliphatic carbocycles. The van der Waals surface area contributed by atoms with E-state index in [9.17, 15) is 4.79 Å². The lowest BCUT2D eigenvalue weighted by molar-refractivity contribution is -0.133. The molecular weight excluding hydrogens is 202 g/mol. The van der Waals surface area contributed by atoms with Crippen LogP contribution in [-0.2, 0) is 11.2 Å². The van der Waals surface area contributed by atoms with Crippen molar-refractivity contribution < 1.29 is 4.79 Å². The van der Waals surface area contributed by atoms with E-state index in [1.165, 1.54) is 0 Å². The second-order valence-corrected chi connectivity index (χ2v) is 4.02. The molecule has 1 aliphatic rings. The molecule has 0 unspecified atom stereocenters. The first kappa shape index (κ1) is 11.1. The predicted molar refractivity (Wildman–Crippen MR) is 62.0 cm³/mol. The number of nitrogens with one attached hydrogen (secondary N) is 1. The number of rotatable bonds is 4. The van der Waals surface area contributed by atoms with Gasteiger partial charge in [0.05, 0.1) is 12.5 Å². The first-order valence-corrected chi connectivity index (χ1v) is 5.70. The van der Waals surface area contributed by atoms with Gasteiger partial charge in [-0.1, -0.05) is 0 Å². The molecule has 1 amide bonds. The second kappa shape index (κ2) is 5.07. The van der Waals surface area contributed by atoms with Gasteiger partial charge in [0, 0.05) is 32.0 Å². The molecule has 2 rings (SSSR count). The van der Waals surface area contributed by atoms with Gasteiger partial charge in [0.2, 0.25) is 5.91 Å². The summed E-state index contributed by atoms with van der Waals surface area (Å²) in [4.78, 5) is 18.0. The third-order valence-corrected chi connectivity index (χ3v) is 2.97. The summed E-state index contributed by atoms with van der Waals surface area (Å²) < 4.78 is 0. The van der Waals surface area contributed by atoms with E-state index in [0.717, 1.165) is 25.2 Å². The minimum Gasteiger partial charge on any atom is -0.337 e. The summed E-state index contributed by atoms with van der Waals surface area (Å²) in [7, 11) is 0. The van der Waals surface area contributed by atoms with Crippen molar-refractivity contribution in [3.05, 3.63) is 30.1 Å². The minimum absolute atomic E-state index is 0.209. The lowest BCUT2D eigenvalue weighted by atomic mass is 10.1. The van der Waals surface area contributed by atoms with E-state index < -0.39 is 0 Å². The molecule has 16 heavy (non-hydrogen) atoms. The Bertz CT molecular complexity index is 349. The van der Waals surface area contributed by atoms with Crippen molar-refractivity contribution in [3.63, 3.8) is 0 Å². The fraction of sp³-hybridized carbons (Fsp3) is 0.500. The van der Waals surface area contributed by atoms with Gasteiger partial charge in [-0.3, -0.25) is 9.78 Å². The van der Waals surface area contributed by atoms with Crippen LogP contribution in [-0.4, -0.2) is 41.5 Å². The summed E-state index contributed by atoms with van der Waals surface area (Å²) >= 11 is 0. The lowest BCUT2D eigenvalue weighted by Gasteiger charge is -2.37. The monoisotopic (exact) mass is 219 g/mol. The number of pyridine rings is 1. The Morgan fingerprint density at radius 2 is 2.19 bits per heavy atom. The van der Waals surface area contributed by atoms with Crippen LogP contribution in [0.15, 0.2) is 24.5 Å². The van der Waals surface area contributed by atoms with Crippen LogP contribution in [0.25, 0.3) is 0 Å². The highest BCUT2D eigenvalue weighted by Gasteiger charge is 2.26. The zero-order chi connectivity index (χ0) is 11.4. The van der Waals surface area contributed by atoms with Gasteiger partial charge in [0.25, 0.3) is 0 Å². The zero-order valence-corrected chi connectivity index (χ0v) is 9.52. The molecule has 1 fully saturated rings. The van der Waals surface area contributed by atoms with Gasteiger partial charge in [0.15, 0.2) is 0 Å². The molecule has 4 nitrogen and oxygen atoms in total. The molecule has 1 N–H and O–H groups in total. The van der Waals surface area contributed by atoms with Gasteiger partial charge < -0.3 is 10.2 Å². The summed E-state index contributed by atoms with van der Waals surface area (Å²) in [5.41, 5.74) is 1.03. The van der Waals surface area contributed by atoms with Crippen molar-refractivity contribution in [2.45, 2.75) is 19.4 Å². The van der Waals surface area contributed by atoms with E-state index >= 15 is 0 Å². The first-order chi connectivity index (χ1) is 7.81. The molecule has 0 aromatic carbocycles. The summed E-state index contributed by atoms with van der Waals surface area (Å²) in [5.74, 6) is 0.209. The Hall–Kier alpha value is -1.42. The normalized spacial score (nSPS) is 15.6. The summed E-state index contributed by atoms with van der Waals surface area (Å²) in [6, 6.07) is 4.18. The molecule has 1 aromatic rings. The van der Waals surface area contributed by atoms with Crippen LogP contribution in [0.3, 0.4) is 0 Å². The van der Waals surface area contributed by atoms with Crippen molar-refractivity contribution in [1.82, 2.24) is 15.2 Å². The highest BCUT2D eigenvalue weighted by atomic mass is 16.2. The molecular formula is C12H17N3O. The molecule has 4 heteroatoms. The Kier molecular flexibility index (Phi) is 3.51. The maximum Gasteiger partial charge on any atom is 0.227 e. The number of likely N-dealkylation sites (N-methyl/N-ethyl adjacent to an activating group) is 1. The molecule has 1 aliphatic heterocycles. The van der Waals surface area contributed by atoms with E-state index in [2.05, 4.69) is 10.3 Å². The summed E-state index contributed by atoms with van der Waals surface area (Å²) in [6.07, 6.45) is 3.93. The van der Waals surface area contributed by atoms with Crippen molar-refractivity contribution >= 4 is 5.91 Å². The second-order valence-electron chi connectivity index (χ2n) is 4.02. The molecule has 1 saturated heterocycles. The maximum absolute atomic E-state index is 12.1. The van der Waals surface area contributed by atoms with Crippen LogP contribution in [0.2, 0.25) is 0 Å². The predicted octanol–water partition coefficient (Wildman–Crippen LogP) is 0.444. The van der Waals surface area contributed by atoms with Crippen LogP contribution >= 0.6 is 0 Å². The summed E-state index contributed by atoms with van der Waals surface area (Å²) in [6.45, 7) is 4.67. The average molecular weight is 219 g/mol. The molecule has 0 saturated carbocycles. The Morgan fingerprint density at radius 3 is 2.69 bits per heavy atom. The minimum atomic E-state index is 0.209. The van der Waals surface area contributed by atoms with Crippen LogP contribution in [0.5, 0.6) is 0 Å². The number of nitrogens with zero attached hydrogens (tertiary/aromatic N) is 2. The van der Waals surface area contributed by atoms with E-state index in [-0.39, 0.29) is 5.91 Å². The molecule has 1 aromatic heterocycles. The Balaban J connectivity index is 1.95. The molecule has 2 heterocycles. The van der Waals surface area contributed by atoms with Gasteiger partial charge >= 0.3 is 0 Å². The number of amides is 1. The van der Waals surface area contributed by atoms with Crippen LogP contribution in [0.4, 0.5) is 0 Å². The van der Waals surface area contributed by atoms with E-state index in [1.807, 2.05) is 24.0 Å². The van der Waals surface area contributed by atoms with Crippen LogP contribution in [0.1, 0.15) is 12.5 Å². The summed E-state index contributed by atoms with van der Waals surface area (Å²) in [5, 5.41) is 3.19. The molecule has 0 spiro atoms. The van der Waals surface area contributed by atoms with Crippen molar-refractivity contribution in [2.75, 3.05) is 19.6 Å². The SMILES string of the molecule is CCN(C(=O)Cc1ccncc1)C1CNC1. The Morgan fingerprint density at radius 1 is 1.50 bits per heavy atom. The van der Waals surface area contributed by atoms with Crippen molar-refractivity contribution in [2.24, 2.45) is 0 Å². The molecule has 0 radical (unpaired) electrons. The van der Waals surface area contributed by atoms with Gasteiger partial charge in [-0.25, -0.2) is 0 Å². The third kappa shape index (κ3) is 2.39. The van der Waals surface area contributed by atoms with Crippen LogP contribution < -0.4 is 5.32 Å². The highest BCUT2D eigenvalue weighted by Crippen LogP contribution is 2.08. The van der Waals surface area contributed by atoms with E-state index in [4.69, 9.17) is 0 Å². The van der Waals surface area contributed by atoms with Gasteiger partial charge in [0.1, 0.15) is 0 Å². The average Bonchev–Trinajstić information content (AvgIpc) is 2.24. The van der Waals surface area contributed by atoms with E-state index in [1.54, 1.807) is 12.4 Å². The lowest BCUT2D eigenvalue weighted by Crippen LogP contribution is -2.59. The van der Waals surface area contributed by atoms with Gasteiger partial charge in [-0.2, -0.15) is 0 Å². The number of aromatic nitrogens is 1. The number of carbonyl (C=O) groups excluding carboxylic acids is 1. The fourth-order valence-corrected chi connectivity index (χ4v) is 1.91. The zero-order valence-electron chi connectivity index (χ0n) is 9.52. The smallest absolute Gasteiger partial charge is 0.227 e. The quantitative estimate of drug-likeness (QED) is 0.799. The number of carbonyl (C=O) groups is 1. The molecule has 86 valence electrons. The number of hydrogen-bond acceptors (Lipinski definition) is 3. The highest BCUT2D eigenvalue weighted by molar-refractivity contribution is 5.79. The van der Waals surface area contributed by atoms with Crippen LogP contribution in [0, 0.1) is 0 Å². The standard InChI is InChI=1S/C12H17N3O/c1-2-15(11-8-14-9-11)12(16)7-10-3-5-13-6-4-10/h3-6,11,14H,2,7-9H2,1H3. The van der Waals surface area contributed by atoms with Crippen molar-refractivity contribution in [3.8, 4) is 0 Å². The van der Waals surface area contributed by atoms with Gasteiger partial charge in [-0.15, -0.1) is 0 Å². The van der Waals surface area contributed by atoms with Crippen molar-refractivity contribution in [1.29, 1.82) is 0 Å². The number of hydrogen-bond donors (Lipinski definition) is 1. The third-order valence-electron chi connectivity index (χ3n) is 2.97. The molecule has 0 bridgehead atoms.